The van der Waals surface area contributed by atoms with Crippen LogP contribution in [0.4, 0.5) is 5.69 Å². The van der Waals surface area contributed by atoms with Crippen molar-refractivity contribution in [2.24, 2.45) is 0 Å². The van der Waals surface area contributed by atoms with Crippen molar-refractivity contribution in [2.75, 3.05) is 11.9 Å². The van der Waals surface area contributed by atoms with Crippen LogP contribution in [0, 0.1) is 0 Å². The molecule has 0 bridgehead atoms. The number of amides is 1. The third kappa shape index (κ3) is 2.30. The van der Waals surface area contributed by atoms with Crippen LogP contribution >= 0.6 is 11.3 Å². The molecule has 18 heavy (non-hydrogen) atoms. The summed E-state index contributed by atoms with van der Waals surface area (Å²) >= 11 is 1.61. The molecule has 92 valence electrons. The van der Waals surface area contributed by atoms with E-state index in [0.29, 0.717) is 0 Å². The minimum atomic E-state index is -0.0133. The monoisotopic (exact) mass is 258 g/mol. The molecule has 2 heterocycles. The average Bonchev–Trinajstić information content (AvgIpc) is 2.84. The molecule has 1 amide bonds. The first-order chi connectivity index (χ1) is 8.83. The smallest absolute Gasteiger partial charge is 0.265 e. The Morgan fingerprint density at radius 3 is 2.89 bits per heavy atom. The Kier molecular flexibility index (Phi) is 3.13. The second kappa shape index (κ2) is 4.92. The van der Waals surface area contributed by atoms with E-state index in [1.54, 1.807) is 11.3 Å². The summed E-state index contributed by atoms with van der Waals surface area (Å²) in [4.78, 5) is 14.2. The summed E-state index contributed by atoms with van der Waals surface area (Å²) in [6, 6.07) is 11.6. The molecule has 0 aliphatic carbocycles. The number of hydrogen-bond donors (Lipinski definition) is 2. The SMILES string of the molecule is O=C(Nc1ccccc1)c1cc2c(s1)CCNC2. The summed E-state index contributed by atoms with van der Waals surface area (Å²) in [6.45, 7) is 1.89. The first-order valence-corrected chi connectivity index (χ1v) is 6.83. The third-order valence-corrected chi connectivity index (χ3v) is 4.23. The molecule has 1 aromatic heterocycles. The highest BCUT2D eigenvalue weighted by Crippen LogP contribution is 2.25. The van der Waals surface area contributed by atoms with E-state index >= 15 is 0 Å². The second-order valence-electron chi connectivity index (χ2n) is 4.31. The van der Waals surface area contributed by atoms with Gasteiger partial charge in [0, 0.05) is 23.7 Å². The van der Waals surface area contributed by atoms with Gasteiger partial charge in [-0.05, 0) is 30.2 Å². The van der Waals surface area contributed by atoms with E-state index < -0.39 is 0 Å². The maximum atomic E-state index is 12.1. The van der Waals surface area contributed by atoms with Crippen molar-refractivity contribution in [2.45, 2.75) is 13.0 Å². The van der Waals surface area contributed by atoms with E-state index in [9.17, 15) is 4.79 Å². The first kappa shape index (κ1) is 11.4. The van der Waals surface area contributed by atoms with E-state index in [-0.39, 0.29) is 5.91 Å². The van der Waals surface area contributed by atoms with Gasteiger partial charge in [-0.15, -0.1) is 11.3 Å². The van der Waals surface area contributed by atoms with E-state index in [0.717, 1.165) is 30.1 Å². The number of hydrogen-bond acceptors (Lipinski definition) is 3. The van der Waals surface area contributed by atoms with Gasteiger partial charge in [0.1, 0.15) is 0 Å². The van der Waals surface area contributed by atoms with E-state index in [2.05, 4.69) is 10.6 Å². The van der Waals surface area contributed by atoms with Crippen molar-refractivity contribution in [1.82, 2.24) is 5.32 Å². The van der Waals surface area contributed by atoms with Crippen molar-refractivity contribution in [1.29, 1.82) is 0 Å². The van der Waals surface area contributed by atoms with Crippen LogP contribution in [-0.2, 0) is 13.0 Å². The number of anilines is 1. The van der Waals surface area contributed by atoms with Gasteiger partial charge in [-0.1, -0.05) is 18.2 Å². The lowest BCUT2D eigenvalue weighted by Gasteiger charge is -2.10. The molecule has 0 spiro atoms. The summed E-state index contributed by atoms with van der Waals surface area (Å²) in [5, 5.41) is 6.24. The molecule has 1 aromatic carbocycles. The predicted octanol–water partition coefficient (Wildman–Crippen LogP) is 2.65. The molecule has 0 saturated heterocycles. The molecule has 3 nitrogen and oxygen atoms in total. The van der Waals surface area contributed by atoms with E-state index in [1.165, 1.54) is 10.4 Å². The van der Waals surface area contributed by atoms with Crippen LogP contribution in [0.2, 0.25) is 0 Å². The molecule has 4 heteroatoms. The molecular formula is C14H14N2OS. The van der Waals surface area contributed by atoms with Gasteiger partial charge < -0.3 is 10.6 Å². The Labute approximate surface area is 110 Å². The fourth-order valence-corrected chi connectivity index (χ4v) is 3.16. The number of thiophene rings is 1. The van der Waals surface area contributed by atoms with Gasteiger partial charge in [0.05, 0.1) is 4.88 Å². The van der Waals surface area contributed by atoms with Gasteiger partial charge in [0.15, 0.2) is 0 Å². The van der Waals surface area contributed by atoms with Crippen LogP contribution < -0.4 is 10.6 Å². The average molecular weight is 258 g/mol. The van der Waals surface area contributed by atoms with Gasteiger partial charge in [-0.25, -0.2) is 0 Å². The molecule has 2 aromatic rings. The minimum absolute atomic E-state index is 0.0133. The van der Waals surface area contributed by atoms with E-state index in [4.69, 9.17) is 0 Å². The molecule has 2 N–H and O–H groups in total. The highest BCUT2D eigenvalue weighted by atomic mass is 32.1. The van der Waals surface area contributed by atoms with Gasteiger partial charge in [-0.3, -0.25) is 4.79 Å². The van der Waals surface area contributed by atoms with Crippen LogP contribution in [0.1, 0.15) is 20.1 Å². The number of rotatable bonds is 2. The predicted molar refractivity (Wildman–Crippen MR) is 74.1 cm³/mol. The highest BCUT2D eigenvalue weighted by molar-refractivity contribution is 7.14. The number of carbonyl (C=O) groups is 1. The van der Waals surface area contributed by atoms with Gasteiger partial charge in [0.2, 0.25) is 0 Å². The van der Waals surface area contributed by atoms with Crippen LogP contribution in [0.3, 0.4) is 0 Å². The Balaban J connectivity index is 1.78. The van der Waals surface area contributed by atoms with E-state index in [1.807, 2.05) is 36.4 Å². The summed E-state index contributed by atoms with van der Waals surface area (Å²) in [5.74, 6) is -0.0133. The Morgan fingerprint density at radius 2 is 2.11 bits per heavy atom. The second-order valence-corrected chi connectivity index (χ2v) is 5.44. The van der Waals surface area contributed by atoms with Crippen LogP contribution in [-0.4, -0.2) is 12.5 Å². The summed E-state index contributed by atoms with van der Waals surface area (Å²) < 4.78 is 0. The van der Waals surface area contributed by atoms with Gasteiger partial charge in [-0.2, -0.15) is 0 Å². The first-order valence-electron chi connectivity index (χ1n) is 6.01. The zero-order valence-corrected chi connectivity index (χ0v) is 10.7. The molecule has 3 rings (SSSR count). The number of carbonyl (C=O) groups excluding carboxylic acids is 1. The molecule has 1 aliphatic rings. The largest absolute Gasteiger partial charge is 0.321 e. The maximum Gasteiger partial charge on any atom is 0.265 e. The quantitative estimate of drug-likeness (QED) is 0.869. The Morgan fingerprint density at radius 1 is 1.28 bits per heavy atom. The van der Waals surface area contributed by atoms with Crippen molar-refractivity contribution in [3.63, 3.8) is 0 Å². The lowest BCUT2D eigenvalue weighted by atomic mass is 10.1. The molecule has 0 unspecified atom stereocenters. The molecule has 1 aliphatic heterocycles. The third-order valence-electron chi connectivity index (χ3n) is 3.00. The summed E-state index contributed by atoms with van der Waals surface area (Å²) in [6.07, 6.45) is 1.03. The molecule has 0 saturated carbocycles. The van der Waals surface area contributed by atoms with Crippen molar-refractivity contribution < 1.29 is 4.79 Å². The molecule has 0 radical (unpaired) electrons. The van der Waals surface area contributed by atoms with Crippen LogP contribution in [0.15, 0.2) is 36.4 Å². The number of benzene rings is 1. The summed E-state index contributed by atoms with van der Waals surface area (Å²) in [7, 11) is 0. The number of fused-ring (bicyclic) bond motifs is 1. The standard InChI is InChI=1S/C14H14N2OS/c17-14(16-11-4-2-1-3-5-11)13-8-10-9-15-7-6-12(10)18-13/h1-5,8,15H,6-7,9H2,(H,16,17). The fraction of sp³-hybridized carbons (Fsp3) is 0.214. The highest BCUT2D eigenvalue weighted by Gasteiger charge is 2.16. The lowest BCUT2D eigenvalue weighted by molar-refractivity contribution is 0.103. The van der Waals surface area contributed by atoms with Crippen molar-refractivity contribution in [3.8, 4) is 0 Å². The van der Waals surface area contributed by atoms with Crippen molar-refractivity contribution in [3.05, 3.63) is 51.7 Å². The number of para-hydroxylation sites is 1. The minimum Gasteiger partial charge on any atom is -0.321 e. The Hall–Kier alpha value is -1.65. The fourth-order valence-electron chi connectivity index (χ4n) is 2.08. The van der Waals surface area contributed by atoms with Gasteiger partial charge in [0.25, 0.3) is 5.91 Å². The topological polar surface area (TPSA) is 41.1 Å². The Bertz CT molecular complexity index is 539. The molecular weight excluding hydrogens is 244 g/mol. The van der Waals surface area contributed by atoms with Gasteiger partial charge >= 0.3 is 0 Å². The maximum absolute atomic E-state index is 12.1. The van der Waals surface area contributed by atoms with Crippen LogP contribution in [0.5, 0.6) is 0 Å². The normalized spacial score (nSPS) is 14.0. The number of nitrogens with one attached hydrogen (secondary N) is 2. The zero-order chi connectivity index (χ0) is 12.4. The van der Waals surface area contributed by atoms with Crippen LogP contribution in [0.25, 0.3) is 0 Å². The zero-order valence-electron chi connectivity index (χ0n) is 9.90. The summed E-state index contributed by atoms with van der Waals surface area (Å²) in [5.41, 5.74) is 2.11. The molecule has 0 atom stereocenters. The lowest BCUT2D eigenvalue weighted by Crippen LogP contribution is -2.21. The van der Waals surface area contributed by atoms with Crippen molar-refractivity contribution >= 4 is 22.9 Å². The molecule has 0 fully saturated rings.